The van der Waals surface area contributed by atoms with E-state index in [0.29, 0.717) is 5.69 Å². The summed E-state index contributed by atoms with van der Waals surface area (Å²) in [6.07, 6.45) is 2.52. The predicted octanol–water partition coefficient (Wildman–Crippen LogP) is -0.577. The number of carbonyl (C=O) groups excluding carboxylic acids is 11. The monoisotopic (exact) mass is 1370 g/mol. The van der Waals surface area contributed by atoms with Crippen LogP contribution in [0.5, 0.6) is 0 Å². The van der Waals surface area contributed by atoms with Crippen molar-refractivity contribution in [3.8, 4) is 11.1 Å². The molecule has 4 rings (SSSR count). The van der Waals surface area contributed by atoms with Crippen molar-refractivity contribution < 1.29 is 57.5 Å². The van der Waals surface area contributed by atoms with E-state index >= 15 is 0 Å². The number of aromatic amines is 1. The first kappa shape index (κ1) is 80.6. The Balaban J connectivity index is 1.54. The Morgan fingerprint density at radius 2 is 0.888 bits per heavy atom. The van der Waals surface area contributed by atoms with E-state index in [-0.39, 0.29) is 119 Å². The fourth-order valence-corrected chi connectivity index (χ4v) is 11.0. The van der Waals surface area contributed by atoms with E-state index < -0.39 is 133 Å². The number of carbonyl (C=O) groups is 11. The molecule has 2 aromatic carbocycles. The average Bonchev–Trinajstić information content (AvgIpc) is 1.62. The minimum absolute atomic E-state index is 0.00229. The number of ether oxygens (including phenoxy) is 1. The maximum atomic E-state index is 14.6. The predicted molar refractivity (Wildman–Crippen MR) is 369 cm³/mol. The minimum atomic E-state index is -1.37. The Morgan fingerprint density at radius 3 is 1.33 bits per heavy atom. The molecule has 0 saturated heterocycles. The number of imidazole rings is 1. The van der Waals surface area contributed by atoms with Crippen molar-refractivity contribution >= 4 is 77.1 Å². The lowest BCUT2D eigenvalue weighted by Crippen LogP contribution is -2.61. The number of rotatable bonds is 41. The molecule has 32 nitrogen and oxygen atoms in total. The number of hydrogen-bond donors (Lipinski definition) is 17. The van der Waals surface area contributed by atoms with Gasteiger partial charge in [0.05, 0.1) is 19.4 Å². The van der Waals surface area contributed by atoms with E-state index in [1.807, 2.05) is 95.5 Å². The number of hydrogen-bond acceptors (Lipinski definition) is 16. The number of alkyl carbamates (subject to hydrolysis) is 1. The Bertz CT molecular complexity index is 3180. The fourth-order valence-electron chi connectivity index (χ4n) is 11.0. The largest absolute Gasteiger partial charge is 0.449 e. The molecule has 0 spiro atoms. The Hall–Kier alpha value is -9.88. The Kier molecular flexibility index (Phi) is 33.4. The van der Waals surface area contributed by atoms with Crippen LogP contribution in [0.2, 0.25) is 0 Å². The third-order valence-corrected chi connectivity index (χ3v) is 15.7. The van der Waals surface area contributed by atoms with Gasteiger partial charge in [0, 0.05) is 37.3 Å². The first-order valence-electron chi connectivity index (χ1n) is 33.2. The highest BCUT2D eigenvalue weighted by atomic mass is 16.5. The molecule has 3 aromatic rings. The Labute approximate surface area is 572 Å². The summed E-state index contributed by atoms with van der Waals surface area (Å²) >= 11 is 0. The molecule has 98 heavy (non-hydrogen) atoms. The second kappa shape index (κ2) is 40.6. The number of nitrogens with one attached hydrogen (secondary N) is 12. The molecular formula is C66H104N20O12. The van der Waals surface area contributed by atoms with E-state index in [4.69, 9.17) is 33.5 Å². The molecule has 0 unspecified atom stereocenters. The molecule has 540 valence electrons. The summed E-state index contributed by atoms with van der Waals surface area (Å²) in [5.41, 5.74) is 28.6. The number of hydrazine groups is 1. The molecule has 8 atom stereocenters. The summed E-state index contributed by atoms with van der Waals surface area (Å²) < 4.78 is 5.81. The summed E-state index contributed by atoms with van der Waals surface area (Å²) in [5.74, 6) is -4.55. The van der Waals surface area contributed by atoms with Crippen molar-refractivity contribution in [2.75, 3.05) is 32.8 Å². The van der Waals surface area contributed by atoms with Crippen molar-refractivity contribution in [3.05, 3.63) is 77.9 Å². The Morgan fingerprint density at radius 1 is 0.490 bits per heavy atom. The molecule has 0 fully saturated rings. The number of H-pyrrole nitrogens is 1. The maximum absolute atomic E-state index is 14.6. The molecule has 0 radical (unpaired) electrons. The summed E-state index contributed by atoms with van der Waals surface area (Å²) in [6.45, 7) is 17.0. The first-order valence-corrected chi connectivity index (χ1v) is 33.2. The number of fused-ring (bicyclic) bond motifs is 3. The van der Waals surface area contributed by atoms with Crippen LogP contribution in [-0.4, -0.2) is 168 Å². The molecule has 1 aromatic heterocycles. The molecule has 1 aliphatic rings. The summed E-state index contributed by atoms with van der Waals surface area (Å²) in [4.78, 5) is 168. The van der Waals surface area contributed by atoms with Crippen molar-refractivity contribution in [1.29, 1.82) is 0 Å². The lowest BCUT2D eigenvalue weighted by atomic mass is 9.97. The van der Waals surface area contributed by atoms with Crippen molar-refractivity contribution in [2.45, 2.75) is 181 Å². The highest BCUT2D eigenvalue weighted by molar-refractivity contribution is 5.99. The van der Waals surface area contributed by atoms with E-state index in [1.165, 1.54) is 12.5 Å². The zero-order valence-corrected chi connectivity index (χ0v) is 57.9. The quantitative estimate of drug-likeness (QED) is 0.00844. The van der Waals surface area contributed by atoms with Gasteiger partial charge in [0.25, 0.3) is 5.91 Å². The third-order valence-electron chi connectivity index (χ3n) is 15.7. The van der Waals surface area contributed by atoms with Gasteiger partial charge < -0.3 is 85.8 Å². The smallest absolute Gasteiger partial charge is 0.407 e. The molecule has 11 amide bonds. The van der Waals surface area contributed by atoms with Crippen molar-refractivity contribution in [3.63, 3.8) is 0 Å². The zero-order valence-electron chi connectivity index (χ0n) is 57.9. The van der Waals surface area contributed by atoms with E-state index in [0.717, 1.165) is 22.3 Å². The van der Waals surface area contributed by atoms with Crippen LogP contribution in [0.25, 0.3) is 11.1 Å². The van der Waals surface area contributed by atoms with Gasteiger partial charge in [0.2, 0.25) is 53.2 Å². The normalized spacial score (nSPS) is 14.1. The van der Waals surface area contributed by atoms with Crippen LogP contribution in [-0.2, 0) is 59.1 Å². The topological polar surface area (TPSA) is 513 Å². The van der Waals surface area contributed by atoms with Crippen LogP contribution in [0.1, 0.15) is 143 Å². The van der Waals surface area contributed by atoms with Gasteiger partial charge in [0.1, 0.15) is 54.9 Å². The minimum Gasteiger partial charge on any atom is -0.449 e. The van der Waals surface area contributed by atoms with Crippen molar-refractivity contribution in [1.82, 2.24) is 68.6 Å². The van der Waals surface area contributed by atoms with Gasteiger partial charge in [-0.1, -0.05) is 118 Å². The van der Waals surface area contributed by atoms with E-state index in [2.05, 4.69) is 73.1 Å². The van der Waals surface area contributed by atoms with Gasteiger partial charge in [-0.25, -0.2) is 15.6 Å². The van der Waals surface area contributed by atoms with E-state index in [1.54, 1.807) is 27.7 Å². The molecule has 1 heterocycles. The molecular weight excluding hydrogens is 1260 g/mol. The number of nitrogens with two attached hydrogens (primary N) is 5. The first-order chi connectivity index (χ1) is 46.4. The lowest BCUT2D eigenvalue weighted by Gasteiger charge is -2.30. The standard InChI is InChI=1S/C66H104N20O12/c1-35(2)25-48(58(91)78-46(21-15-23-73-64(67)68)56(89)76-31-53(87)75-32-54(88)86-71)80-57(90)47(22-16-24-74-65(69)70)79-59(92)49(26-36(3)4)83-63(96)55(39(9)10)85-62(95)50(27-37(5)6)81-61(94)52(29-40-30-72-34-77-40)82-60(93)51(28-38(7)8)84-66(97)98-33-45-43-19-13-11-17-41(43)42-18-12-14-20-44(42)45/h11-14,17-20,30,34-39,45-52,55H,15-16,21-29,31-33,71H2,1-10H3,(H,72,77)(H,75,87)(H,76,89)(H,78,91)(H,79,92)(H,80,90)(H,81,94)(H,82,93)(H,83,96)(H,84,97)(H,85,95)(H,86,88)(H4,67,68,73)(H4,69,70,74)/t46-,47-,48-,49-,50-,51-,52-,55-/m0/s1. The van der Waals surface area contributed by atoms with E-state index in [9.17, 15) is 52.7 Å². The molecule has 0 bridgehead atoms. The number of aromatic nitrogens is 2. The fraction of sp³-hybridized carbons (Fsp3) is 0.576. The number of guanidine groups is 2. The van der Waals surface area contributed by atoms with Gasteiger partial charge >= 0.3 is 6.09 Å². The van der Waals surface area contributed by atoms with Gasteiger partial charge in [-0.3, -0.25) is 63.4 Å². The number of amides is 11. The van der Waals surface area contributed by atoms with Gasteiger partial charge in [0.15, 0.2) is 11.9 Å². The molecule has 0 saturated carbocycles. The third kappa shape index (κ3) is 27.7. The SMILES string of the molecule is CC(C)C[C@H](NC(=O)OCC1c2ccccc2-c2ccccc21)C(=O)N[C@@H](Cc1cnc[nH]1)C(=O)N[C@@H](CC(C)C)C(=O)N[C@H](C(=O)N[C@@H](CC(C)C)C(=O)N[C@@H](CCCN=C(N)N)C(=O)N[C@@H](CC(C)C)C(=O)N[C@@H](CCCN=C(N)N)C(=O)NCC(=O)NCC(=O)NN)C(C)C. The van der Waals surface area contributed by atoms with Crippen LogP contribution >= 0.6 is 0 Å². The average molecular weight is 1370 g/mol. The van der Waals surface area contributed by atoms with Crippen LogP contribution in [0.15, 0.2) is 71.0 Å². The second-order valence-corrected chi connectivity index (χ2v) is 26.4. The number of benzene rings is 2. The molecule has 22 N–H and O–H groups in total. The molecule has 1 aliphatic carbocycles. The maximum Gasteiger partial charge on any atom is 0.407 e. The molecule has 0 aliphatic heterocycles. The van der Waals surface area contributed by atoms with Crippen LogP contribution in [0, 0.1) is 29.6 Å². The highest BCUT2D eigenvalue weighted by Gasteiger charge is 2.37. The van der Waals surface area contributed by atoms with Gasteiger partial charge in [-0.2, -0.15) is 0 Å². The summed E-state index contributed by atoms with van der Waals surface area (Å²) in [6, 6.07) is 5.47. The van der Waals surface area contributed by atoms with Gasteiger partial charge in [-0.15, -0.1) is 0 Å². The molecule has 32 heteroatoms. The lowest BCUT2D eigenvalue weighted by molar-refractivity contribution is -0.136. The summed E-state index contributed by atoms with van der Waals surface area (Å²) in [5, 5.41) is 26.7. The highest BCUT2D eigenvalue weighted by Crippen LogP contribution is 2.44. The van der Waals surface area contributed by atoms with Crippen LogP contribution in [0.3, 0.4) is 0 Å². The van der Waals surface area contributed by atoms with Crippen LogP contribution < -0.4 is 87.4 Å². The summed E-state index contributed by atoms with van der Waals surface area (Å²) in [7, 11) is 0. The number of aliphatic imine (C=N–C) groups is 2. The second-order valence-electron chi connectivity index (χ2n) is 26.4. The number of nitrogens with zero attached hydrogens (tertiary/aromatic N) is 3. The van der Waals surface area contributed by atoms with Crippen molar-refractivity contribution in [2.24, 2.45) is 68.4 Å². The van der Waals surface area contributed by atoms with Crippen LogP contribution in [0.4, 0.5) is 4.79 Å². The zero-order chi connectivity index (χ0) is 72.8. The van der Waals surface area contributed by atoms with Gasteiger partial charge in [-0.05, 0) is 103 Å².